The Morgan fingerprint density at radius 3 is 2.61 bits per heavy atom. The third-order valence-corrected chi connectivity index (χ3v) is 4.99. The number of halogens is 2. The SMILES string of the molecule is CC(=O)c1ccccc1Sc1ccc(Cl)c(I)c1. The highest BCUT2D eigenvalue weighted by atomic mass is 127. The molecule has 0 saturated heterocycles. The summed E-state index contributed by atoms with van der Waals surface area (Å²) in [6.45, 7) is 1.59. The fourth-order valence-corrected chi connectivity index (χ4v) is 3.39. The normalized spacial score (nSPS) is 10.4. The molecule has 1 nitrogen and oxygen atoms in total. The van der Waals surface area contributed by atoms with Crippen molar-refractivity contribution in [1.29, 1.82) is 0 Å². The maximum absolute atomic E-state index is 11.5. The van der Waals surface area contributed by atoms with Crippen molar-refractivity contribution in [2.75, 3.05) is 0 Å². The molecule has 0 unspecified atom stereocenters. The van der Waals surface area contributed by atoms with E-state index in [-0.39, 0.29) is 5.78 Å². The van der Waals surface area contributed by atoms with Gasteiger partial charge < -0.3 is 0 Å². The van der Waals surface area contributed by atoms with Crippen LogP contribution in [0.5, 0.6) is 0 Å². The zero-order chi connectivity index (χ0) is 13.1. The molecule has 2 rings (SSSR count). The van der Waals surface area contributed by atoms with E-state index in [1.54, 1.807) is 18.7 Å². The highest BCUT2D eigenvalue weighted by Gasteiger charge is 2.08. The molecule has 0 N–H and O–H groups in total. The molecular formula is C14H10ClIOS. The van der Waals surface area contributed by atoms with Crippen LogP contribution in [-0.4, -0.2) is 5.78 Å². The lowest BCUT2D eigenvalue weighted by molar-refractivity contribution is 0.101. The quantitative estimate of drug-likeness (QED) is 0.524. The van der Waals surface area contributed by atoms with Gasteiger partial charge in [-0.3, -0.25) is 4.79 Å². The van der Waals surface area contributed by atoms with Crippen LogP contribution in [0.1, 0.15) is 17.3 Å². The van der Waals surface area contributed by atoms with Crippen LogP contribution in [0.3, 0.4) is 0 Å². The average Bonchev–Trinajstić information content (AvgIpc) is 2.34. The molecule has 0 aromatic heterocycles. The van der Waals surface area contributed by atoms with Crippen LogP contribution < -0.4 is 0 Å². The van der Waals surface area contributed by atoms with Crippen molar-refractivity contribution in [2.24, 2.45) is 0 Å². The molecule has 0 heterocycles. The minimum atomic E-state index is 0.0850. The first-order chi connectivity index (χ1) is 8.58. The number of Topliss-reactive ketones (excluding diaryl/α,β-unsaturated/α-hetero) is 1. The smallest absolute Gasteiger partial charge is 0.160 e. The molecule has 4 heteroatoms. The Bertz CT molecular complexity index is 598. The monoisotopic (exact) mass is 388 g/mol. The van der Waals surface area contributed by atoms with Gasteiger partial charge in [-0.25, -0.2) is 0 Å². The van der Waals surface area contributed by atoms with Crippen molar-refractivity contribution in [3.8, 4) is 0 Å². The fraction of sp³-hybridized carbons (Fsp3) is 0.0714. The summed E-state index contributed by atoms with van der Waals surface area (Å²) in [7, 11) is 0. The summed E-state index contributed by atoms with van der Waals surface area (Å²) in [4.78, 5) is 13.6. The van der Waals surface area contributed by atoms with Crippen molar-refractivity contribution < 1.29 is 4.79 Å². The Hall–Kier alpha value is -0.520. The van der Waals surface area contributed by atoms with Crippen molar-refractivity contribution in [3.63, 3.8) is 0 Å². The van der Waals surface area contributed by atoms with E-state index in [4.69, 9.17) is 11.6 Å². The largest absolute Gasteiger partial charge is 0.294 e. The number of carbonyl (C=O) groups excluding carboxylic acids is 1. The Balaban J connectivity index is 2.34. The van der Waals surface area contributed by atoms with Gasteiger partial charge in [-0.1, -0.05) is 41.6 Å². The van der Waals surface area contributed by atoms with Crippen LogP contribution >= 0.6 is 46.0 Å². The Morgan fingerprint density at radius 1 is 1.22 bits per heavy atom. The molecule has 0 fully saturated rings. The number of hydrogen-bond acceptors (Lipinski definition) is 2. The second-order valence-electron chi connectivity index (χ2n) is 3.73. The Labute approximate surface area is 129 Å². The average molecular weight is 389 g/mol. The van der Waals surface area contributed by atoms with Crippen molar-refractivity contribution in [2.45, 2.75) is 16.7 Å². The van der Waals surface area contributed by atoms with Crippen LogP contribution in [0.25, 0.3) is 0 Å². The molecule has 0 aliphatic carbocycles. The van der Waals surface area contributed by atoms with Crippen molar-refractivity contribution in [1.82, 2.24) is 0 Å². The predicted octanol–water partition coefficient (Wildman–Crippen LogP) is 5.30. The second kappa shape index (κ2) is 6.08. The van der Waals surface area contributed by atoms with Gasteiger partial charge in [-0.2, -0.15) is 0 Å². The molecule has 0 amide bonds. The number of hydrogen-bond donors (Lipinski definition) is 0. The van der Waals surface area contributed by atoms with E-state index in [9.17, 15) is 4.79 Å². The first-order valence-corrected chi connectivity index (χ1v) is 7.58. The molecule has 18 heavy (non-hydrogen) atoms. The van der Waals surface area contributed by atoms with E-state index in [0.717, 1.165) is 23.9 Å². The van der Waals surface area contributed by atoms with Gasteiger partial charge in [0.15, 0.2) is 5.78 Å². The van der Waals surface area contributed by atoms with Crippen molar-refractivity contribution >= 4 is 51.7 Å². The van der Waals surface area contributed by atoms with Gasteiger partial charge in [0.05, 0.1) is 5.02 Å². The first kappa shape index (κ1) is 13.9. The number of carbonyl (C=O) groups is 1. The third kappa shape index (κ3) is 3.28. The number of ketones is 1. The molecular weight excluding hydrogens is 379 g/mol. The molecule has 0 atom stereocenters. The molecule has 0 spiro atoms. The predicted molar refractivity (Wildman–Crippen MR) is 84.7 cm³/mol. The lowest BCUT2D eigenvalue weighted by atomic mass is 10.1. The lowest BCUT2D eigenvalue weighted by Crippen LogP contribution is -1.94. The van der Waals surface area contributed by atoms with Crippen molar-refractivity contribution in [3.05, 3.63) is 56.6 Å². The molecule has 0 bridgehead atoms. The van der Waals surface area contributed by atoms with E-state index in [2.05, 4.69) is 22.6 Å². The van der Waals surface area contributed by atoms with Crippen LogP contribution in [0, 0.1) is 3.57 Å². The molecule has 0 aliphatic heterocycles. The van der Waals surface area contributed by atoms with E-state index < -0.39 is 0 Å². The number of rotatable bonds is 3. The topological polar surface area (TPSA) is 17.1 Å². The maximum atomic E-state index is 11.5. The third-order valence-electron chi connectivity index (χ3n) is 2.39. The molecule has 0 saturated carbocycles. The van der Waals surface area contributed by atoms with Gasteiger partial charge >= 0.3 is 0 Å². The second-order valence-corrected chi connectivity index (χ2v) is 6.42. The summed E-state index contributed by atoms with van der Waals surface area (Å²) >= 11 is 9.78. The standard InChI is InChI=1S/C14H10ClIOS/c1-9(17)11-4-2-3-5-14(11)18-10-6-7-12(15)13(16)8-10/h2-8H,1H3. The van der Waals surface area contributed by atoms with Crippen LogP contribution in [0.2, 0.25) is 5.02 Å². The van der Waals surface area contributed by atoms with E-state index >= 15 is 0 Å². The Kier molecular flexibility index (Phi) is 4.70. The molecule has 2 aromatic rings. The summed E-state index contributed by atoms with van der Waals surface area (Å²) < 4.78 is 1.01. The highest BCUT2D eigenvalue weighted by Crippen LogP contribution is 2.33. The summed E-state index contributed by atoms with van der Waals surface area (Å²) in [5, 5.41) is 0.750. The van der Waals surface area contributed by atoms with Gasteiger partial charge in [0, 0.05) is 18.9 Å². The van der Waals surface area contributed by atoms with Crippen LogP contribution in [0.15, 0.2) is 52.3 Å². The fourth-order valence-electron chi connectivity index (χ4n) is 1.51. The van der Waals surface area contributed by atoms with E-state index in [0.29, 0.717) is 0 Å². The maximum Gasteiger partial charge on any atom is 0.160 e. The highest BCUT2D eigenvalue weighted by molar-refractivity contribution is 14.1. The molecule has 2 aromatic carbocycles. The van der Waals surface area contributed by atoms with Gasteiger partial charge in [0.25, 0.3) is 0 Å². The van der Waals surface area contributed by atoms with Gasteiger partial charge in [-0.05, 0) is 53.8 Å². The summed E-state index contributed by atoms with van der Waals surface area (Å²) in [5.41, 5.74) is 0.757. The lowest BCUT2D eigenvalue weighted by Gasteiger charge is -2.07. The zero-order valence-electron chi connectivity index (χ0n) is 9.61. The minimum Gasteiger partial charge on any atom is -0.294 e. The van der Waals surface area contributed by atoms with Crippen LogP contribution in [-0.2, 0) is 0 Å². The molecule has 92 valence electrons. The summed E-state index contributed by atoms with van der Waals surface area (Å²) in [6.07, 6.45) is 0. The zero-order valence-corrected chi connectivity index (χ0v) is 13.3. The van der Waals surface area contributed by atoms with Gasteiger partial charge in [-0.15, -0.1) is 0 Å². The van der Waals surface area contributed by atoms with Gasteiger partial charge in [0.2, 0.25) is 0 Å². The summed E-state index contributed by atoms with van der Waals surface area (Å²) in [6, 6.07) is 13.5. The van der Waals surface area contributed by atoms with E-state index in [1.807, 2.05) is 42.5 Å². The van der Waals surface area contributed by atoms with Gasteiger partial charge in [0.1, 0.15) is 0 Å². The van der Waals surface area contributed by atoms with E-state index in [1.165, 1.54) is 0 Å². The minimum absolute atomic E-state index is 0.0850. The Morgan fingerprint density at radius 2 is 1.94 bits per heavy atom. The molecule has 0 radical (unpaired) electrons. The number of benzene rings is 2. The first-order valence-electron chi connectivity index (χ1n) is 5.31. The summed E-state index contributed by atoms with van der Waals surface area (Å²) in [5.74, 6) is 0.0850. The molecule has 0 aliphatic rings. The van der Waals surface area contributed by atoms with Crippen LogP contribution in [0.4, 0.5) is 0 Å².